The third kappa shape index (κ3) is 6.17. The molecule has 20 heavy (non-hydrogen) atoms. The van der Waals surface area contributed by atoms with Gasteiger partial charge in [0.15, 0.2) is 0 Å². The van der Waals surface area contributed by atoms with Crippen molar-refractivity contribution in [2.24, 2.45) is 5.92 Å². The average Bonchev–Trinajstić information content (AvgIpc) is 2.41. The molecule has 4 heteroatoms. The van der Waals surface area contributed by atoms with Gasteiger partial charge in [0.05, 0.1) is 0 Å². The van der Waals surface area contributed by atoms with Crippen LogP contribution in [0.15, 0.2) is 30.3 Å². The van der Waals surface area contributed by atoms with Crippen LogP contribution in [0.3, 0.4) is 0 Å². The first-order valence-electron chi connectivity index (χ1n) is 7.16. The molecule has 0 bridgehead atoms. The van der Waals surface area contributed by atoms with Crippen LogP contribution in [0, 0.1) is 5.92 Å². The van der Waals surface area contributed by atoms with Crippen LogP contribution in [0.2, 0.25) is 0 Å². The van der Waals surface area contributed by atoms with Gasteiger partial charge in [-0.15, -0.1) is 0 Å². The smallest absolute Gasteiger partial charge is 0.300 e. The van der Waals surface area contributed by atoms with Gasteiger partial charge in [-0.25, -0.2) is 0 Å². The maximum absolute atomic E-state index is 9.00. The van der Waals surface area contributed by atoms with E-state index in [9.17, 15) is 0 Å². The average molecular weight is 278 g/mol. The zero-order valence-electron chi connectivity index (χ0n) is 12.7. The number of aliphatic carboxylic acids is 1. The molecule has 1 saturated heterocycles. The molecule has 1 aliphatic rings. The summed E-state index contributed by atoms with van der Waals surface area (Å²) in [6.07, 6.45) is 1.30. The summed E-state index contributed by atoms with van der Waals surface area (Å²) in [6, 6.07) is 11.4. The monoisotopic (exact) mass is 278 g/mol. The van der Waals surface area contributed by atoms with Crippen molar-refractivity contribution in [2.75, 3.05) is 20.1 Å². The second-order valence-electron chi connectivity index (χ2n) is 5.40. The molecule has 0 aromatic heterocycles. The van der Waals surface area contributed by atoms with Crippen molar-refractivity contribution in [2.45, 2.75) is 32.9 Å². The minimum atomic E-state index is -0.833. The molecule has 1 aliphatic heterocycles. The van der Waals surface area contributed by atoms with Gasteiger partial charge in [-0.2, -0.15) is 0 Å². The Hall–Kier alpha value is -1.39. The van der Waals surface area contributed by atoms with E-state index in [0.29, 0.717) is 6.04 Å². The molecule has 1 heterocycles. The molecular weight excluding hydrogens is 252 g/mol. The third-order valence-corrected chi connectivity index (χ3v) is 3.66. The Morgan fingerprint density at radius 3 is 2.55 bits per heavy atom. The van der Waals surface area contributed by atoms with E-state index in [0.717, 1.165) is 19.4 Å². The number of carbonyl (C=O) groups is 1. The van der Waals surface area contributed by atoms with Crippen LogP contribution < -0.4 is 5.32 Å². The summed E-state index contributed by atoms with van der Waals surface area (Å²) in [6.45, 7) is 6.92. The summed E-state index contributed by atoms with van der Waals surface area (Å²) in [7, 11) is 2.08. The molecule has 0 saturated carbocycles. The fourth-order valence-electron chi connectivity index (χ4n) is 2.50. The summed E-state index contributed by atoms with van der Waals surface area (Å²) in [5.41, 5.74) is 1.42. The van der Waals surface area contributed by atoms with E-state index in [4.69, 9.17) is 9.90 Å². The molecule has 4 nitrogen and oxygen atoms in total. The quantitative estimate of drug-likeness (QED) is 0.890. The van der Waals surface area contributed by atoms with E-state index < -0.39 is 5.97 Å². The minimum Gasteiger partial charge on any atom is -0.481 e. The van der Waals surface area contributed by atoms with Crippen molar-refractivity contribution >= 4 is 5.97 Å². The van der Waals surface area contributed by atoms with Crippen LogP contribution in [0.1, 0.15) is 25.8 Å². The Morgan fingerprint density at radius 2 is 2.00 bits per heavy atom. The molecule has 1 aromatic rings. The standard InChI is InChI=1S/C14H22N2.C2H4O2/c1-12-8-9-16(11-14(12)15-2)10-13-6-4-3-5-7-13;1-2(3)4/h3-7,12,14-15H,8-11H2,1-2H3;1H3,(H,3,4)/t12-,14+;/m1./s1. The zero-order chi connectivity index (χ0) is 15.0. The van der Waals surface area contributed by atoms with Crippen molar-refractivity contribution in [3.05, 3.63) is 35.9 Å². The van der Waals surface area contributed by atoms with Gasteiger partial charge in [-0.3, -0.25) is 9.69 Å². The topological polar surface area (TPSA) is 52.6 Å². The Kier molecular flexibility index (Phi) is 7.26. The first-order chi connectivity index (χ1) is 9.52. The number of nitrogens with zero attached hydrogens (tertiary/aromatic N) is 1. The summed E-state index contributed by atoms with van der Waals surface area (Å²) >= 11 is 0. The summed E-state index contributed by atoms with van der Waals surface area (Å²) in [5, 5.41) is 10.8. The maximum atomic E-state index is 9.00. The van der Waals surface area contributed by atoms with Gasteiger partial charge in [0.1, 0.15) is 0 Å². The Morgan fingerprint density at radius 1 is 1.40 bits per heavy atom. The first kappa shape index (κ1) is 16.7. The number of hydrogen-bond donors (Lipinski definition) is 2. The van der Waals surface area contributed by atoms with E-state index in [2.05, 4.69) is 54.5 Å². The van der Waals surface area contributed by atoms with Crippen LogP contribution in [-0.4, -0.2) is 42.2 Å². The number of carboxylic acid groups (broad SMARTS) is 1. The lowest BCUT2D eigenvalue weighted by atomic mass is 9.93. The number of piperidine rings is 1. The molecule has 0 unspecified atom stereocenters. The van der Waals surface area contributed by atoms with Gasteiger partial charge >= 0.3 is 0 Å². The van der Waals surface area contributed by atoms with Gasteiger partial charge < -0.3 is 10.4 Å². The maximum Gasteiger partial charge on any atom is 0.300 e. The number of likely N-dealkylation sites (N-methyl/N-ethyl adjacent to an activating group) is 1. The first-order valence-corrected chi connectivity index (χ1v) is 7.16. The molecule has 1 fully saturated rings. The lowest BCUT2D eigenvalue weighted by Gasteiger charge is -2.37. The molecule has 2 atom stereocenters. The van der Waals surface area contributed by atoms with Crippen LogP contribution in [0.5, 0.6) is 0 Å². The molecule has 2 rings (SSSR count). The number of hydrogen-bond acceptors (Lipinski definition) is 3. The molecular formula is C16H26N2O2. The van der Waals surface area contributed by atoms with Crippen molar-refractivity contribution in [3.8, 4) is 0 Å². The molecule has 0 spiro atoms. The van der Waals surface area contributed by atoms with E-state index in [1.165, 1.54) is 25.1 Å². The van der Waals surface area contributed by atoms with Crippen molar-refractivity contribution < 1.29 is 9.90 Å². The summed E-state index contributed by atoms with van der Waals surface area (Å²) in [5.74, 6) is -0.0305. The third-order valence-electron chi connectivity index (χ3n) is 3.66. The molecule has 0 amide bonds. The predicted octanol–water partition coefficient (Wildman–Crippen LogP) is 2.21. The highest BCUT2D eigenvalue weighted by Crippen LogP contribution is 2.18. The second-order valence-corrected chi connectivity index (χ2v) is 5.40. The second kappa shape index (κ2) is 8.72. The van der Waals surface area contributed by atoms with Crippen LogP contribution >= 0.6 is 0 Å². The van der Waals surface area contributed by atoms with Gasteiger partial charge in [0, 0.05) is 26.1 Å². The largest absolute Gasteiger partial charge is 0.481 e. The predicted molar refractivity (Wildman–Crippen MR) is 81.7 cm³/mol. The normalized spacial score (nSPS) is 22.8. The van der Waals surface area contributed by atoms with Crippen LogP contribution in [-0.2, 0) is 11.3 Å². The molecule has 1 aromatic carbocycles. The summed E-state index contributed by atoms with van der Waals surface area (Å²) in [4.78, 5) is 11.6. The Bertz CT molecular complexity index is 391. The number of nitrogens with one attached hydrogen (secondary N) is 1. The molecule has 0 radical (unpaired) electrons. The number of likely N-dealkylation sites (tertiary alicyclic amines) is 1. The Labute approximate surface area is 121 Å². The SMILES string of the molecule is CC(=O)O.CN[C@H]1CN(Cc2ccccc2)CC[C@H]1C. The van der Waals surface area contributed by atoms with Gasteiger partial charge in [0.25, 0.3) is 5.97 Å². The minimum absolute atomic E-state index is 0.650. The van der Waals surface area contributed by atoms with E-state index in [1.807, 2.05) is 0 Å². The van der Waals surface area contributed by atoms with Gasteiger partial charge in [-0.1, -0.05) is 37.3 Å². The van der Waals surface area contributed by atoms with Crippen LogP contribution in [0.25, 0.3) is 0 Å². The zero-order valence-corrected chi connectivity index (χ0v) is 12.7. The number of carboxylic acids is 1. The van der Waals surface area contributed by atoms with E-state index in [-0.39, 0.29) is 0 Å². The summed E-state index contributed by atoms with van der Waals surface area (Å²) < 4.78 is 0. The highest BCUT2D eigenvalue weighted by Gasteiger charge is 2.24. The van der Waals surface area contributed by atoms with Crippen LogP contribution in [0.4, 0.5) is 0 Å². The fourth-order valence-corrected chi connectivity index (χ4v) is 2.50. The van der Waals surface area contributed by atoms with Gasteiger partial charge in [0.2, 0.25) is 0 Å². The van der Waals surface area contributed by atoms with Crippen molar-refractivity contribution in [3.63, 3.8) is 0 Å². The van der Waals surface area contributed by atoms with Crippen molar-refractivity contribution in [1.29, 1.82) is 0 Å². The van der Waals surface area contributed by atoms with Gasteiger partial charge in [-0.05, 0) is 31.5 Å². The van der Waals surface area contributed by atoms with Crippen molar-refractivity contribution in [1.82, 2.24) is 10.2 Å². The number of benzene rings is 1. The molecule has 0 aliphatic carbocycles. The highest BCUT2D eigenvalue weighted by atomic mass is 16.4. The Balaban J connectivity index is 0.000000444. The molecule has 2 N–H and O–H groups in total. The lowest BCUT2D eigenvalue weighted by Crippen LogP contribution is -2.48. The van der Waals surface area contributed by atoms with E-state index in [1.54, 1.807) is 0 Å². The lowest BCUT2D eigenvalue weighted by molar-refractivity contribution is -0.134. The highest BCUT2D eigenvalue weighted by molar-refractivity contribution is 5.62. The fraction of sp³-hybridized carbons (Fsp3) is 0.562. The number of rotatable bonds is 3. The molecule has 112 valence electrons. The van der Waals surface area contributed by atoms with E-state index >= 15 is 0 Å².